The van der Waals surface area contributed by atoms with Gasteiger partial charge in [0.15, 0.2) is 5.78 Å². The Bertz CT molecular complexity index is 495. The van der Waals surface area contributed by atoms with Gasteiger partial charge in [-0.25, -0.2) is 0 Å². The molecule has 0 saturated heterocycles. The third-order valence-corrected chi connectivity index (χ3v) is 3.87. The number of rotatable bonds is 11. The van der Waals surface area contributed by atoms with Crippen molar-refractivity contribution in [2.75, 3.05) is 0 Å². The van der Waals surface area contributed by atoms with E-state index in [1.807, 2.05) is 30.4 Å². The molecule has 1 aliphatic rings. The van der Waals surface area contributed by atoms with Crippen molar-refractivity contribution in [3.63, 3.8) is 0 Å². The van der Waals surface area contributed by atoms with Crippen LogP contribution in [-0.4, -0.2) is 16.9 Å². The van der Waals surface area contributed by atoms with Gasteiger partial charge in [-0.2, -0.15) is 0 Å². The number of carbonyl (C=O) groups is 2. The quantitative estimate of drug-likeness (QED) is 0.331. The van der Waals surface area contributed by atoms with Crippen molar-refractivity contribution in [3.8, 4) is 0 Å². The molecule has 3 nitrogen and oxygen atoms in total. The Hall–Kier alpha value is -1.90. The zero-order valence-electron chi connectivity index (χ0n) is 14.0. The van der Waals surface area contributed by atoms with Crippen LogP contribution in [-0.2, 0) is 9.59 Å². The summed E-state index contributed by atoms with van der Waals surface area (Å²) in [6, 6.07) is 0. The van der Waals surface area contributed by atoms with E-state index in [9.17, 15) is 9.59 Å². The third-order valence-electron chi connectivity index (χ3n) is 3.87. The van der Waals surface area contributed by atoms with E-state index in [0.717, 1.165) is 24.8 Å². The molecule has 23 heavy (non-hydrogen) atoms. The minimum atomic E-state index is -0.751. The molecule has 3 heteroatoms. The fourth-order valence-corrected chi connectivity index (χ4v) is 2.51. The van der Waals surface area contributed by atoms with Gasteiger partial charge in [-0.3, -0.25) is 9.59 Å². The van der Waals surface area contributed by atoms with Crippen LogP contribution in [0.1, 0.15) is 58.3 Å². The Morgan fingerprint density at radius 1 is 1.17 bits per heavy atom. The minimum absolute atomic E-state index is 0.104. The maximum atomic E-state index is 11.9. The number of carboxylic acids is 1. The molecule has 0 fully saturated rings. The lowest BCUT2D eigenvalue weighted by Gasteiger charge is -2.06. The molecule has 1 atom stereocenters. The van der Waals surface area contributed by atoms with E-state index in [2.05, 4.69) is 13.0 Å². The van der Waals surface area contributed by atoms with Gasteiger partial charge < -0.3 is 5.11 Å². The van der Waals surface area contributed by atoms with E-state index < -0.39 is 5.97 Å². The normalized spacial score (nSPS) is 19.6. The standard InChI is InChI=1S/C20H28O3/c1-2-3-4-5-6-10-13-18-17(15-16-19(18)21)12-9-7-8-11-14-20(22)23/h6-7,9-10,13,15-17H,2-5,8,11-12,14H2,1H3,(H,22,23)/b9-7-,10-6-,18-13?/t17-/m0/s1. The molecule has 0 aromatic carbocycles. The molecule has 0 bridgehead atoms. The molecule has 0 spiro atoms. The second kappa shape index (κ2) is 11.6. The summed E-state index contributed by atoms with van der Waals surface area (Å²) >= 11 is 0. The average molecular weight is 316 g/mol. The third kappa shape index (κ3) is 8.34. The molecule has 0 aliphatic heterocycles. The summed E-state index contributed by atoms with van der Waals surface area (Å²) in [6.07, 6.45) is 20.9. The van der Waals surface area contributed by atoms with E-state index in [1.165, 1.54) is 19.3 Å². The Labute approximate surface area is 139 Å². The second-order valence-corrected chi connectivity index (χ2v) is 5.87. The van der Waals surface area contributed by atoms with Gasteiger partial charge in [0.2, 0.25) is 0 Å². The van der Waals surface area contributed by atoms with E-state index in [1.54, 1.807) is 6.08 Å². The lowest BCUT2D eigenvalue weighted by Crippen LogP contribution is -2.01. The first-order valence-corrected chi connectivity index (χ1v) is 8.61. The van der Waals surface area contributed by atoms with Crippen molar-refractivity contribution in [2.24, 2.45) is 5.92 Å². The summed E-state index contributed by atoms with van der Waals surface area (Å²) < 4.78 is 0. The molecule has 1 aliphatic carbocycles. The number of carbonyl (C=O) groups excluding carboxylic acids is 1. The maximum absolute atomic E-state index is 11.9. The van der Waals surface area contributed by atoms with Crippen LogP contribution in [0.25, 0.3) is 0 Å². The van der Waals surface area contributed by atoms with Crippen molar-refractivity contribution in [3.05, 3.63) is 48.1 Å². The zero-order chi connectivity index (χ0) is 16.9. The van der Waals surface area contributed by atoms with Gasteiger partial charge in [-0.1, -0.05) is 56.2 Å². The van der Waals surface area contributed by atoms with E-state index in [0.29, 0.717) is 6.42 Å². The molecule has 0 aromatic heterocycles. The van der Waals surface area contributed by atoms with Gasteiger partial charge in [-0.05, 0) is 38.2 Å². The smallest absolute Gasteiger partial charge is 0.303 e. The van der Waals surface area contributed by atoms with Crippen LogP contribution < -0.4 is 0 Å². The fraction of sp³-hybridized carbons (Fsp3) is 0.500. The summed E-state index contributed by atoms with van der Waals surface area (Å²) in [4.78, 5) is 22.3. The average Bonchev–Trinajstić information content (AvgIpc) is 2.86. The number of aliphatic carboxylic acids is 1. The van der Waals surface area contributed by atoms with Crippen LogP contribution in [0.2, 0.25) is 0 Å². The SMILES string of the molecule is CCCCC/C=C\C=C1C(=O)C=C[C@@H]1C/C=C\CCCC(=O)O. The van der Waals surface area contributed by atoms with Crippen LogP contribution in [0.4, 0.5) is 0 Å². The van der Waals surface area contributed by atoms with Gasteiger partial charge in [0.25, 0.3) is 0 Å². The van der Waals surface area contributed by atoms with Crippen molar-refractivity contribution < 1.29 is 14.7 Å². The van der Waals surface area contributed by atoms with Gasteiger partial charge in [0.1, 0.15) is 0 Å². The van der Waals surface area contributed by atoms with E-state index in [4.69, 9.17) is 5.11 Å². The summed E-state index contributed by atoms with van der Waals surface area (Å²) in [6.45, 7) is 2.19. The summed E-state index contributed by atoms with van der Waals surface area (Å²) in [5, 5.41) is 8.57. The van der Waals surface area contributed by atoms with Crippen LogP contribution in [0.15, 0.2) is 48.1 Å². The molecule has 1 rings (SSSR count). The minimum Gasteiger partial charge on any atom is -0.481 e. The Morgan fingerprint density at radius 2 is 1.96 bits per heavy atom. The molecule has 126 valence electrons. The molecule has 0 amide bonds. The van der Waals surface area contributed by atoms with Gasteiger partial charge >= 0.3 is 5.97 Å². The highest BCUT2D eigenvalue weighted by atomic mass is 16.4. The number of hydrogen-bond donors (Lipinski definition) is 1. The highest BCUT2D eigenvalue weighted by Crippen LogP contribution is 2.25. The fourth-order valence-electron chi connectivity index (χ4n) is 2.51. The highest BCUT2D eigenvalue weighted by molar-refractivity contribution is 6.07. The van der Waals surface area contributed by atoms with Crippen LogP contribution in [0.5, 0.6) is 0 Å². The Balaban J connectivity index is 2.38. The molecule has 1 N–H and O–H groups in total. The maximum Gasteiger partial charge on any atom is 0.303 e. The van der Waals surface area contributed by atoms with Crippen LogP contribution in [0.3, 0.4) is 0 Å². The lowest BCUT2D eigenvalue weighted by atomic mass is 9.97. The number of unbranched alkanes of at least 4 members (excludes halogenated alkanes) is 4. The summed E-state index contributed by atoms with van der Waals surface area (Å²) in [7, 11) is 0. The number of carboxylic acid groups (broad SMARTS) is 1. The predicted molar refractivity (Wildman–Crippen MR) is 94.2 cm³/mol. The molecule has 0 unspecified atom stereocenters. The Morgan fingerprint density at radius 3 is 2.70 bits per heavy atom. The Kier molecular flexibility index (Phi) is 9.69. The molecular formula is C20H28O3. The van der Waals surface area contributed by atoms with Crippen LogP contribution in [0, 0.1) is 5.92 Å². The molecule has 0 heterocycles. The zero-order valence-corrected chi connectivity index (χ0v) is 14.0. The van der Waals surface area contributed by atoms with Crippen molar-refractivity contribution >= 4 is 11.8 Å². The first-order valence-electron chi connectivity index (χ1n) is 8.61. The van der Waals surface area contributed by atoms with Gasteiger partial charge in [0, 0.05) is 17.9 Å². The number of allylic oxidation sites excluding steroid dienone is 8. The predicted octanol–water partition coefficient (Wildman–Crippen LogP) is 5.01. The molecule has 0 saturated carbocycles. The van der Waals surface area contributed by atoms with Crippen molar-refractivity contribution in [1.82, 2.24) is 0 Å². The van der Waals surface area contributed by atoms with E-state index >= 15 is 0 Å². The van der Waals surface area contributed by atoms with Crippen molar-refractivity contribution in [2.45, 2.75) is 58.3 Å². The first-order chi connectivity index (χ1) is 11.1. The van der Waals surface area contributed by atoms with Gasteiger partial charge in [0.05, 0.1) is 0 Å². The number of hydrogen-bond acceptors (Lipinski definition) is 2. The van der Waals surface area contributed by atoms with Crippen molar-refractivity contribution in [1.29, 1.82) is 0 Å². The largest absolute Gasteiger partial charge is 0.481 e. The van der Waals surface area contributed by atoms with E-state index in [-0.39, 0.29) is 18.1 Å². The molecular weight excluding hydrogens is 288 g/mol. The highest BCUT2D eigenvalue weighted by Gasteiger charge is 2.20. The monoisotopic (exact) mass is 316 g/mol. The first kappa shape index (κ1) is 19.1. The summed E-state index contributed by atoms with van der Waals surface area (Å²) in [5.74, 6) is -0.496. The molecule has 0 radical (unpaired) electrons. The summed E-state index contributed by atoms with van der Waals surface area (Å²) in [5.41, 5.74) is 0.854. The lowest BCUT2D eigenvalue weighted by molar-refractivity contribution is -0.137. The topological polar surface area (TPSA) is 54.4 Å². The van der Waals surface area contributed by atoms with Crippen LogP contribution >= 0.6 is 0 Å². The number of ketones is 1. The molecule has 0 aromatic rings. The van der Waals surface area contributed by atoms with Gasteiger partial charge in [-0.15, -0.1) is 0 Å². The second-order valence-electron chi connectivity index (χ2n) is 5.87.